The number of carbonyl (C=O) groups is 3. The molecule has 8 nitrogen and oxygen atoms in total. The van der Waals surface area contributed by atoms with Gasteiger partial charge in [0, 0.05) is 5.56 Å². The van der Waals surface area contributed by atoms with Crippen LogP contribution < -0.4 is 14.4 Å². The highest BCUT2D eigenvalue weighted by Gasteiger charge is 2.34. The monoisotopic (exact) mass is 445 g/mol. The maximum Gasteiger partial charge on any atom is 0.335 e. The van der Waals surface area contributed by atoms with Gasteiger partial charge < -0.3 is 19.7 Å². The first kappa shape index (κ1) is 21.3. The third-order valence-corrected chi connectivity index (χ3v) is 5.49. The molecule has 0 radical (unpaired) electrons. The molecule has 2 aromatic rings. The van der Waals surface area contributed by atoms with E-state index in [-0.39, 0.29) is 26.0 Å². The van der Waals surface area contributed by atoms with Gasteiger partial charge in [0.1, 0.15) is 11.5 Å². The summed E-state index contributed by atoms with van der Waals surface area (Å²) in [5.74, 6) is -2.06. The molecule has 3 rings (SSSR count). The summed E-state index contributed by atoms with van der Waals surface area (Å²) in [5, 5.41) is 18.5. The Bertz CT molecular complexity index is 1080. The average molecular weight is 445 g/mol. The summed E-state index contributed by atoms with van der Waals surface area (Å²) in [4.78, 5) is 37.1. The number of carboxylic acids is 2. The van der Waals surface area contributed by atoms with Crippen LogP contribution >= 0.6 is 24.0 Å². The Labute approximate surface area is 180 Å². The summed E-state index contributed by atoms with van der Waals surface area (Å²) in [6.45, 7) is 0. The minimum Gasteiger partial charge on any atom is -0.497 e. The first-order chi connectivity index (χ1) is 14.2. The van der Waals surface area contributed by atoms with E-state index in [0.717, 1.165) is 22.7 Å². The molecule has 1 aliphatic heterocycles. The van der Waals surface area contributed by atoms with Gasteiger partial charge in [-0.2, -0.15) is 0 Å². The van der Waals surface area contributed by atoms with E-state index in [9.17, 15) is 24.6 Å². The van der Waals surface area contributed by atoms with Crippen molar-refractivity contribution in [3.8, 4) is 11.5 Å². The third kappa shape index (κ3) is 4.14. The van der Waals surface area contributed by atoms with Crippen LogP contribution in [0.1, 0.15) is 26.3 Å². The second-order valence-corrected chi connectivity index (χ2v) is 7.68. The van der Waals surface area contributed by atoms with Gasteiger partial charge >= 0.3 is 11.9 Å². The summed E-state index contributed by atoms with van der Waals surface area (Å²) < 4.78 is 10.7. The van der Waals surface area contributed by atoms with Gasteiger partial charge in [0.05, 0.1) is 35.9 Å². The molecule has 1 aliphatic rings. The lowest BCUT2D eigenvalue weighted by Gasteiger charge is -2.16. The predicted octanol–water partition coefficient (Wildman–Crippen LogP) is 3.51. The SMILES string of the molecule is COc1ccc(OC)c(/C=C2\SC(=S)N(c3cc(C(=O)O)cc(C(=O)O)c3)C2=O)c1. The van der Waals surface area contributed by atoms with Crippen molar-refractivity contribution in [3.05, 3.63) is 58.0 Å². The smallest absolute Gasteiger partial charge is 0.335 e. The van der Waals surface area contributed by atoms with Crippen LogP contribution in [0.15, 0.2) is 41.3 Å². The van der Waals surface area contributed by atoms with Gasteiger partial charge in [0.25, 0.3) is 5.91 Å². The van der Waals surface area contributed by atoms with Crippen molar-refractivity contribution >= 4 is 57.9 Å². The minimum atomic E-state index is -1.32. The zero-order chi connectivity index (χ0) is 22.0. The van der Waals surface area contributed by atoms with Crippen LogP contribution in [0.2, 0.25) is 0 Å². The van der Waals surface area contributed by atoms with E-state index in [1.54, 1.807) is 24.3 Å². The van der Waals surface area contributed by atoms with E-state index in [0.29, 0.717) is 17.1 Å². The van der Waals surface area contributed by atoms with Gasteiger partial charge in [-0.25, -0.2) is 9.59 Å². The first-order valence-electron chi connectivity index (χ1n) is 8.36. The van der Waals surface area contributed by atoms with E-state index in [2.05, 4.69) is 0 Å². The summed E-state index contributed by atoms with van der Waals surface area (Å²) in [7, 11) is 3.01. The number of thioether (sulfide) groups is 1. The molecule has 10 heteroatoms. The number of thiocarbonyl (C=S) groups is 1. The van der Waals surface area contributed by atoms with E-state index < -0.39 is 17.8 Å². The molecule has 154 valence electrons. The number of carboxylic acid groups (broad SMARTS) is 2. The van der Waals surface area contributed by atoms with Crippen molar-refractivity contribution in [3.63, 3.8) is 0 Å². The van der Waals surface area contributed by atoms with Gasteiger partial charge in [0.2, 0.25) is 0 Å². The van der Waals surface area contributed by atoms with E-state index in [1.807, 2.05) is 0 Å². The molecule has 0 spiro atoms. The first-order valence-corrected chi connectivity index (χ1v) is 9.59. The van der Waals surface area contributed by atoms with Crippen LogP contribution in [0.5, 0.6) is 11.5 Å². The second-order valence-electron chi connectivity index (χ2n) is 6.00. The summed E-state index contributed by atoms with van der Waals surface area (Å²) >= 11 is 6.31. The van der Waals surface area contributed by atoms with Crippen molar-refractivity contribution in [2.45, 2.75) is 0 Å². The molecule has 0 atom stereocenters. The molecule has 1 fully saturated rings. The zero-order valence-electron chi connectivity index (χ0n) is 15.7. The highest BCUT2D eigenvalue weighted by atomic mass is 32.2. The van der Waals surface area contributed by atoms with Gasteiger partial charge in [-0.3, -0.25) is 9.69 Å². The number of anilines is 1. The molecule has 0 saturated carbocycles. The van der Waals surface area contributed by atoms with Crippen molar-refractivity contribution in [2.24, 2.45) is 0 Å². The molecular weight excluding hydrogens is 430 g/mol. The highest BCUT2D eigenvalue weighted by molar-refractivity contribution is 8.27. The van der Waals surface area contributed by atoms with Crippen molar-refractivity contribution in [1.82, 2.24) is 0 Å². The van der Waals surface area contributed by atoms with E-state index in [4.69, 9.17) is 21.7 Å². The Morgan fingerprint density at radius 2 is 1.67 bits per heavy atom. The lowest BCUT2D eigenvalue weighted by atomic mass is 10.1. The minimum absolute atomic E-state index is 0.0656. The largest absolute Gasteiger partial charge is 0.497 e. The maximum absolute atomic E-state index is 13.0. The van der Waals surface area contributed by atoms with E-state index in [1.165, 1.54) is 26.4 Å². The Balaban J connectivity index is 2.05. The topological polar surface area (TPSA) is 113 Å². The lowest BCUT2D eigenvalue weighted by Crippen LogP contribution is -2.28. The molecule has 0 unspecified atom stereocenters. The second kappa shape index (κ2) is 8.56. The van der Waals surface area contributed by atoms with Crippen LogP contribution in [0.25, 0.3) is 6.08 Å². The van der Waals surface area contributed by atoms with Crippen LogP contribution in [0, 0.1) is 0 Å². The van der Waals surface area contributed by atoms with Crippen molar-refractivity contribution in [1.29, 1.82) is 0 Å². The summed E-state index contributed by atoms with van der Waals surface area (Å²) in [6.07, 6.45) is 1.58. The number of benzene rings is 2. The fourth-order valence-corrected chi connectivity index (χ4v) is 4.06. The maximum atomic E-state index is 13.0. The number of hydrogen-bond acceptors (Lipinski definition) is 7. The third-order valence-electron chi connectivity index (χ3n) is 4.19. The fourth-order valence-electron chi connectivity index (χ4n) is 2.77. The number of aromatic carboxylic acids is 2. The van der Waals surface area contributed by atoms with Crippen LogP contribution in [0.4, 0.5) is 5.69 Å². The van der Waals surface area contributed by atoms with Crippen molar-refractivity contribution < 1.29 is 34.1 Å². The van der Waals surface area contributed by atoms with Gasteiger partial charge in [-0.15, -0.1) is 0 Å². The molecule has 0 aliphatic carbocycles. The van der Waals surface area contributed by atoms with Gasteiger partial charge in [-0.1, -0.05) is 24.0 Å². The van der Waals surface area contributed by atoms with Gasteiger partial charge in [0.15, 0.2) is 4.32 Å². The molecule has 2 N–H and O–H groups in total. The quantitative estimate of drug-likeness (QED) is 0.509. The number of ether oxygens (including phenoxy) is 2. The summed E-state index contributed by atoms with van der Waals surface area (Å²) in [5.41, 5.74) is 0.119. The number of carbonyl (C=O) groups excluding carboxylic acids is 1. The Morgan fingerprint density at radius 1 is 1.03 bits per heavy atom. The number of amides is 1. The molecule has 1 saturated heterocycles. The molecule has 1 amide bonds. The van der Waals surface area contributed by atoms with Crippen molar-refractivity contribution in [2.75, 3.05) is 19.1 Å². The van der Waals surface area contributed by atoms with Crippen LogP contribution in [-0.4, -0.2) is 46.6 Å². The number of hydrogen-bond donors (Lipinski definition) is 2. The molecule has 0 aromatic heterocycles. The standard InChI is InChI=1S/C20H15NO7S2/c1-27-14-3-4-15(28-2)10(8-14)9-16-17(22)21(20(29)30-16)13-6-11(18(23)24)5-12(7-13)19(25)26/h3-9H,1-2H3,(H,23,24)(H,25,26)/b16-9-. The predicted molar refractivity (Wildman–Crippen MR) is 116 cm³/mol. The Hall–Kier alpha value is -3.37. The lowest BCUT2D eigenvalue weighted by molar-refractivity contribution is -0.113. The average Bonchev–Trinajstić information content (AvgIpc) is 3.00. The molecule has 30 heavy (non-hydrogen) atoms. The number of methoxy groups -OCH3 is 2. The molecule has 0 bridgehead atoms. The van der Waals surface area contributed by atoms with Crippen LogP contribution in [-0.2, 0) is 4.79 Å². The molecular formula is C20H15NO7S2. The van der Waals surface area contributed by atoms with Crippen LogP contribution in [0.3, 0.4) is 0 Å². The highest BCUT2D eigenvalue weighted by Crippen LogP contribution is 2.38. The fraction of sp³-hybridized carbons (Fsp3) is 0.100. The molecule has 2 aromatic carbocycles. The van der Waals surface area contributed by atoms with Gasteiger partial charge in [-0.05, 0) is 42.5 Å². The number of rotatable bonds is 6. The number of nitrogens with zero attached hydrogens (tertiary/aromatic N) is 1. The normalized spacial score (nSPS) is 14.9. The van der Waals surface area contributed by atoms with E-state index >= 15 is 0 Å². The Morgan fingerprint density at radius 3 is 2.20 bits per heavy atom. The summed E-state index contributed by atoms with van der Waals surface area (Å²) in [6, 6.07) is 8.53. The Kier molecular flexibility index (Phi) is 6.09. The molecule has 1 heterocycles. The zero-order valence-corrected chi connectivity index (χ0v) is 17.4.